The molecule has 1 unspecified atom stereocenters. The van der Waals surface area contributed by atoms with Crippen molar-refractivity contribution >= 4 is 28.4 Å². The van der Waals surface area contributed by atoms with Crippen LogP contribution in [0.15, 0.2) is 43.1 Å². The third-order valence-corrected chi connectivity index (χ3v) is 5.92. The molecule has 1 aliphatic heterocycles. The van der Waals surface area contributed by atoms with Crippen LogP contribution in [0.25, 0.3) is 22.4 Å². The summed E-state index contributed by atoms with van der Waals surface area (Å²) in [5.41, 5.74) is 2.19. The second-order valence-electron chi connectivity index (χ2n) is 8.95. The van der Waals surface area contributed by atoms with Gasteiger partial charge in [-0.3, -0.25) is 4.57 Å². The van der Waals surface area contributed by atoms with E-state index in [4.69, 9.17) is 4.74 Å². The second-order valence-corrected chi connectivity index (χ2v) is 8.95. The molecule has 182 valence electrons. The van der Waals surface area contributed by atoms with E-state index in [0.717, 1.165) is 19.3 Å². The third-order valence-electron chi connectivity index (χ3n) is 5.92. The maximum Gasteiger partial charge on any atom is 0.172 e. The Balaban J connectivity index is 1.53. The van der Waals surface area contributed by atoms with Crippen molar-refractivity contribution in [3.8, 4) is 11.3 Å². The predicted octanol–water partition coefficient (Wildman–Crippen LogP) is 5.68. The molecule has 0 aliphatic carbocycles. The number of nitrogens with zero attached hydrogens (tertiary/aromatic N) is 5. The maximum absolute atomic E-state index is 15.2. The number of halogens is 2. The SMILES string of the molecule is CC(C)CNc1ccc(F)c(Nc2ncccc2-c2ncnc3c2ncn3C2CCCCO2)c1F. The fraction of sp³-hybridized carbons (Fsp3) is 0.360. The molecule has 8 nitrogen and oxygen atoms in total. The molecule has 0 radical (unpaired) electrons. The van der Waals surface area contributed by atoms with E-state index in [2.05, 4.69) is 30.6 Å². The van der Waals surface area contributed by atoms with Gasteiger partial charge in [-0.25, -0.2) is 28.7 Å². The monoisotopic (exact) mass is 479 g/mol. The summed E-state index contributed by atoms with van der Waals surface area (Å²) in [5, 5.41) is 5.87. The van der Waals surface area contributed by atoms with E-state index in [1.54, 1.807) is 24.7 Å². The van der Waals surface area contributed by atoms with Gasteiger partial charge in [-0.05, 0) is 49.4 Å². The minimum atomic E-state index is -0.722. The van der Waals surface area contributed by atoms with Gasteiger partial charge in [-0.1, -0.05) is 13.8 Å². The molecule has 1 saturated heterocycles. The molecule has 0 saturated carbocycles. The molecule has 1 fully saturated rings. The Labute approximate surface area is 201 Å². The van der Waals surface area contributed by atoms with Gasteiger partial charge in [0.1, 0.15) is 41.1 Å². The van der Waals surface area contributed by atoms with Crippen LogP contribution in [0.2, 0.25) is 0 Å². The average molecular weight is 480 g/mol. The van der Waals surface area contributed by atoms with Gasteiger partial charge in [-0.2, -0.15) is 0 Å². The molecule has 0 amide bonds. The second kappa shape index (κ2) is 9.91. The molecule has 5 rings (SSSR count). The van der Waals surface area contributed by atoms with Crippen LogP contribution in [0.3, 0.4) is 0 Å². The molecular weight excluding hydrogens is 452 g/mol. The molecule has 0 bridgehead atoms. The molecule has 2 N–H and O–H groups in total. The number of hydrogen-bond donors (Lipinski definition) is 2. The summed E-state index contributed by atoms with van der Waals surface area (Å²) >= 11 is 0. The van der Waals surface area contributed by atoms with Gasteiger partial charge >= 0.3 is 0 Å². The first kappa shape index (κ1) is 23.1. The first-order chi connectivity index (χ1) is 17.0. The number of fused-ring (bicyclic) bond motifs is 1. The van der Waals surface area contributed by atoms with Gasteiger partial charge in [-0.15, -0.1) is 0 Å². The molecule has 0 spiro atoms. The molecule has 3 aromatic heterocycles. The number of anilines is 3. The third kappa shape index (κ3) is 4.66. The van der Waals surface area contributed by atoms with Gasteiger partial charge in [0.25, 0.3) is 0 Å². The number of benzene rings is 1. The van der Waals surface area contributed by atoms with Gasteiger partial charge in [0.2, 0.25) is 0 Å². The molecule has 10 heteroatoms. The van der Waals surface area contributed by atoms with Crippen LogP contribution >= 0.6 is 0 Å². The Bertz CT molecular complexity index is 1330. The Morgan fingerprint density at radius 3 is 2.80 bits per heavy atom. The smallest absolute Gasteiger partial charge is 0.172 e. The van der Waals surface area contributed by atoms with E-state index in [9.17, 15) is 4.39 Å². The summed E-state index contributed by atoms with van der Waals surface area (Å²) in [4.78, 5) is 17.8. The number of nitrogens with one attached hydrogen (secondary N) is 2. The minimum absolute atomic E-state index is 0.132. The minimum Gasteiger partial charge on any atom is -0.382 e. The van der Waals surface area contributed by atoms with Gasteiger partial charge in [0.15, 0.2) is 11.5 Å². The summed E-state index contributed by atoms with van der Waals surface area (Å²) < 4.78 is 37.7. The molecule has 4 aromatic rings. The van der Waals surface area contributed by atoms with Gasteiger partial charge in [0, 0.05) is 24.9 Å². The van der Waals surface area contributed by atoms with E-state index in [-0.39, 0.29) is 23.4 Å². The summed E-state index contributed by atoms with van der Waals surface area (Å²) in [6.45, 7) is 5.28. The van der Waals surface area contributed by atoms with Crippen LogP contribution in [0.4, 0.5) is 26.0 Å². The van der Waals surface area contributed by atoms with Crippen molar-refractivity contribution in [2.24, 2.45) is 5.92 Å². The molecule has 1 aromatic carbocycles. The van der Waals surface area contributed by atoms with Gasteiger partial charge in [0.05, 0.1) is 12.0 Å². The topological polar surface area (TPSA) is 89.8 Å². The van der Waals surface area contributed by atoms with Crippen molar-refractivity contribution < 1.29 is 13.5 Å². The maximum atomic E-state index is 15.2. The van der Waals surface area contributed by atoms with Crippen LogP contribution in [0.5, 0.6) is 0 Å². The quantitative estimate of drug-likeness (QED) is 0.353. The van der Waals surface area contributed by atoms with Crippen LogP contribution in [-0.4, -0.2) is 37.7 Å². The molecule has 1 aliphatic rings. The lowest BCUT2D eigenvalue weighted by atomic mass is 10.1. The lowest BCUT2D eigenvalue weighted by molar-refractivity contribution is -0.0298. The first-order valence-corrected chi connectivity index (χ1v) is 11.8. The Kier molecular flexibility index (Phi) is 6.54. The fourth-order valence-electron chi connectivity index (χ4n) is 4.13. The van der Waals surface area contributed by atoms with E-state index in [1.807, 2.05) is 18.4 Å². The van der Waals surface area contributed by atoms with Crippen molar-refractivity contribution in [3.05, 3.63) is 54.8 Å². The lowest BCUT2D eigenvalue weighted by Gasteiger charge is -2.23. The van der Waals surface area contributed by atoms with Crippen molar-refractivity contribution in [1.29, 1.82) is 0 Å². The number of ether oxygens (including phenoxy) is 1. The highest BCUT2D eigenvalue weighted by molar-refractivity contribution is 5.91. The number of hydrogen-bond acceptors (Lipinski definition) is 7. The predicted molar refractivity (Wildman–Crippen MR) is 130 cm³/mol. The van der Waals surface area contributed by atoms with Crippen molar-refractivity contribution in [2.45, 2.75) is 39.3 Å². The Hall–Kier alpha value is -3.66. The van der Waals surface area contributed by atoms with E-state index in [0.29, 0.717) is 41.5 Å². The standard InChI is InChI=1S/C25H27F2N7O/c1-15(2)12-29-18-9-8-17(26)22(20(18)27)33-24-16(6-5-10-28-24)21-23-25(31-13-30-21)34(14-32-23)19-7-3-4-11-35-19/h5-6,8-10,13-15,19,29H,3-4,7,11-12H2,1-2H3,(H,28,33). The van der Waals surface area contributed by atoms with Crippen LogP contribution in [-0.2, 0) is 4.74 Å². The molecule has 35 heavy (non-hydrogen) atoms. The summed E-state index contributed by atoms with van der Waals surface area (Å²) in [5.74, 6) is -0.874. The molecule has 1 atom stereocenters. The van der Waals surface area contributed by atoms with Crippen molar-refractivity contribution in [3.63, 3.8) is 0 Å². The zero-order chi connectivity index (χ0) is 24.4. The zero-order valence-corrected chi connectivity index (χ0v) is 19.6. The molecular formula is C25H27F2N7O. The normalized spacial score (nSPS) is 16.1. The highest BCUT2D eigenvalue weighted by Gasteiger charge is 2.22. The van der Waals surface area contributed by atoms with E-state index >= 15 is 4.39 Å². The number of aromatic nitrogens is 5. The van der Waals surface area contributed by atoms with Crippen LogP contribution < -0.4 is 10.6 Å². The zero-order valence-electron chi connectivity index (χ0n) is 19.6. The fourth-order valence-corrected chi connectivity index (χ4v) is 4.13. The highest BCUT2D eigenvalue weighted by atomic mass is 19.1. The van der Waals surface area contributed by atoms with Gasteiger partial charge < -0.3 is 15.4 Å². The summed E-state index contributed by atoms with van der Waals surface area (Å²) in [7, 11) is 0. The first-order valence-electron chi connectivity index (χ1n) is 11.8. The Morgan fingerprint density at radius 2 is 2.00 bits per heavy atom. The molecule has 4 heterocycles. The van der Waals surface area contributed by atoms with E-state index in [1.165, 1.54) is 18.5 Å². The number of imidazole rings is 1. The Morgan fingerprint density at radius 1 is 1.11 bits per heavy atom. The lowest BCUT2D eigenvalue weighted by Crippen LogP contribution is -2.17. The number of rotatable bonds is 7. The van der Waals surface area contributed by atoms with Crippen LogP contribution in [0, 0.1) is 17.6 Å². The van der Waals surface area contributed by atoms with Crippen molar-refractivity contribution in [2.75, 3.05) is 23.8 Å². The van der Waals surface area contributed by atoms with Crippen molar-refractivity contribution in [1.82, 2.24) is 24.5 Å². The number of pyridine rings is 1. The van der Waals surface area contributed by atoms with Crippen LogP contribution in [0.1, 0.15) is 39.3 Å². The summed E-state index contributed by atoms with van der Waals surface area (Å²) in [6, 6.07) is 6.14. The summed E-state index contributed by atoms with van der Waals surface area (Å²) in [6.07, 6.45) is 7.56. The van der Waals surface area contributed by atoms with E-state index < -0.39 is 11.6 Å². The highest BCUT2D eigenvalue weighted by Crippen LogP contribution is 2.35. The average Bonchev–Trinajstić information content (AvgIpc) is 3.31. The largest absolute Gasteiger partial charge is 0.382 e.